The van der Waals surface area contributed by atoms with Crippen molar-refractivity contribution in [3.05, 3.63) is 27.2 Å². The first-order chi connectivity index (χ1) is 7.40. The summed E-state index contributed by atoms with van der Waals surface area (Å²) in [5.74, 6) is 0. The van der Waals surface area contributed by atoms with Gasteiger partial charge in [0.25, 0.3) is 0 Å². The Kier molecular flexibility index (Phi) is 4.85. The maximum Gasteiger partial charge on any atom is 0.242 e. The van der Waals surface area contributed by atoms with Crippen LogP contribution in [-0.4, -0.2) is 26.7 Å². The van der Waals surface area contributed by atoms with Crippen LogP contribution < -0.4 is 4.72 Å². The van der Waals surface area contributed by atoms with Crippen LogP contribution in [0.1, 0.15) is 0 Å². The van der Waals surface area contributed by atoms with Crippen molar-refractivity contribution >= 4 is 44.8 Å². The number of aliphatic hydroxyl groups is 1. The average molecular weight is 305 g/mol. The Bertz CT molecular complexity index is 490. The van der Waals surface area contributed by atoms with E-state index in [1.807, 2.05) is 0 Å². The molecule has 0 spiro atoms. The summed E-state index contributed by atoms with van der Waals surface area (Å²) in [5, 5.41) is 8.55. The van der Waals surface area contributed by atoms with Crippen LogP contribution in [0.2, 0.25) is 15.1 Å². The van der Waals surface area contributed by atoms with Gasteiger partial charge in [0.05, 0.1) is 21.7 Å². The van der Waals surface area contributed by atoms with Gasteiger partial charge < -0.3 is 5.11 Å². The third-order valence-corrected chi connectivity index (χ3v) is 4.60. The predicted octanol–water partition coefficient (Wildman–Crippen LogP) is 1.92. The van der Waals surface area contributed by atoms with Crippen LogP contribution in [0.5, 0.6) is 0 Å². The Morgan fingerprint density at radius 2 is 1.81 bits per heavy atom. The molecule has 0 radical (unpaired) electrons. The van der Waals surface area contributed by atoms with E-state index in [2.05, 4.69) is 4.72 Å². The maximum absolute atomic E-state index is 11.7. The van der Waals surface area contributed by atoms with Gasteiger partial charge in [-0.1, -0.05) is 34.8 Å². The standard InChI is InChI=1S/C8H8Cl3NO3S/c9-5-1-2-6(8(11)7(5)10)16(14,15)12-3-4-13/h1-2,12-13H,3-4H2. The first kappa shape index (κ1) is 14.0. The minimum atomic E-state index is -3.78. The molecule has 0 fully saturated rings. The minimum absolute atomic E-state index is 0.0183. The Morgan fingerprint density at radius 3 is 2.38 bits per heavy atom. The molecule has 0 aliphatic heterocycles. The third-order valence-electron chi connectivity index (χ3n) is 1.69. The summed E-state index contributed by atoms with van der Waals surface area (Å²) >= 11 is 17.2. The first-order valence-electron chi connectivity index (χ1n) is 4.14. The second-order valence-corrected chi connectivity index (χ2v) is 5.69. The highest BCUT2D eigenvalue weighted by molar-refractivity contribution is 7.89. The van der Waals surface area contributed by atoms with E-state index >= 15 is 0 Å². The summed E-state index contributed by atoms with van der Waals surface area (Å²) in [7, 11) is -3.78. The number of benzene rings is 1. The second kappa shape index (κ2) is 5.53. The molecule has 2 N–H and O–H groups in total. The summed E-state index contributed by atoms with van der Waals surface area (Å²) in [6.07, 6.45) is 0. The lowest BCUT2D eigenvalue weighted by atomic mass is 10.4. The van der Waals surface area contributed by atoms with Crippen molar-refractivity contribution in [3.8, 4) is 0 Å². The van der Waals surface area contributed by atoms with Gasteiger partial charge in [-0.2, -0.15) is 0 Å². The Hall–Kier alpha value is -0.0400. The van der Waals surface area contributed by atoms with Crippen molar-refractivity contribution in [2.45, 2.75) is 4.90 Å². The predicted molar refractivity (Wildman–Crippen MR) is 63.7 cm³/mol. The van der Waals surface area contributed by atoms with Crippen molar-refractivity contribution in [2.75, 3.05) is 13.2 Å². The highest BCUT2D eigenvalue weighted by atomic mass is 35.5. The molecular weight excluding hydrogens is 297 g/mol. The molecule has 4 nitrogen and oxygen atoms in total. The van der Waals surface area contributed by atoms with E-state index in [1.165, 1.54) is 12.1 Å². The minimum Gasteiger partial charge on any atom is -0.395 e. The maximum atomic E-state index is 11.7. The summed E-state index contributed by atoms with van der Waals surface area (Å²) in [6.45, 7) is -0.406. The van der Waals surface area contributed by atoms with Gasteiger partial charge in [0.2, 0.25) is 10.0 Å². The molecule has 16 heavy (non-hydrogen) atoms. The van der Waals surface area contributed by atoms with Crippen LogP contribution in [-0.2, 0) is 10.0 Å². The number of sulfonamides is 1. The van der Waals surface area contributed by atoms with Gasteiger partial charge in [-0.05, 0) is 12.1 Å². The molecule has 0 heterocycles. The lowest BCUT2D eigenvalue weighted by Crippen LogP contribution is -2.26. The highest BCUT2D eigenvalue weighted by Gasteiger charge is 2.20. The molecule has 1 aromatic rings. The lowest BCUT2D eigenvalue weighted by Gasteiger charge is -2.08. The molecule has 0 amide bonds. The van der Waals surface area contributed by atoms with Gasteiger partial charge in [0, 0.05) is 6.54 Å². The number of rotatable bonds is 4. The summed E-state index contributed by atoms with van der Waals surface area (Å²) in [4.78, 5) is -0.169. The van der Waals surface area contributed by atoms with Gasteiger partial charge in [-0.25, -0.2) is 13.1 Å². The van der Waals surface area contributed by atoms with Crippen molar-refractivity contribution in [3.63, 3.8) is 0 Å². The molecule has 0 aliphatic carbocycles. The van der Waals surface area contributed by atoms with Crippen LogP contribution >= 0.6 is 34.8 Å². The molecule has 0 saturated carbocycles. The quantitative estimate of drug-likeness (QED) is 0.835. The molecule has 0 aromatic heterocycles. The van der Waals surface area contributed by atoms with Crippen LogP contribution in [0.4, 0.5) is 0 Å². The number of hydrogen-bond acceptors (Lipinski definition) is 3. The molecule has 1 aromatic carbocycles. The highest BCUT2D eigenvalue weighted by Crippen LogP contribution is 2.34. The van der Waals surface area contributed by atoms with Gasteiger partial charge in [-0.15, -0.1) is 0 Å². The van der Waals surface area contributed by atoms with Crippen molar-refractivity contribution in [1.82, 2.24) is 4.72 Å². The molecule has 1 rings (SSSR count). The van der Waals surface area contributed by atoms with Crippen LogP contribution in [0.25, 0.3) is 0 Å². The summed E-state index contributed by atoms with van der Waals surface area (Å²) < 4.78 is 25.5. The molecule has 0 unspecified atom stereocenters. The number of hydrogen-bond donors (Lipinski definition) is 2. The van der Waals surface area contributed by atoms with E-state index in [0.717, 1.165) is 0 Å². The second-order valence-electron chi connectivity index (χ2n) is 2.79. The third kappa shape index (κ3) is 3.00. The Morgan fingerprint density at radius 1 is 1.19 bits per heavy atom. The lowest BCUT2D eigenvalue weighted by molar-refractivity contribution is 0.301. The monoisotopic (exact) mass is 303 g/mol. The number of aliphatic hydroxyl groups excluding tert-OH is 1. The van der Waals surface area contributed by atoms with E-state index in [9.17, 15) is 8.42 Å². The number of halogens is 3. The van der Waals surface area contributed by atoms with Crippen LogP contribution in [0.3, 0.4) is 0 Å². The summed E-state index contributed by atoms with van der Waals surface area (Å²) in [5.41, 5.74) is 0. The van der Waals surface area contributed by atoms with E-state index in [1.54, 1.807) is 0 Å². The SMILES string of the molecule is O=S(=O)(NCCO)c1ccc(Cl)c(Cl)c1Cl. The van der Waals surface area contributed by atoms with Crippen LogP contribution in [0, 0.1) is 0 Å². The molecule has 8 heteroatoms. The fourth-order valence-corrected chi connectivity index (χ4v) is 2.97. The fourth-order valence-electron chi connectivity index (χ4n) is 0.973. The first-order valence-corrected chi connectivity index (χ1v) is 6.76. The zero-order valence-corrected chi connectivity index (χ0v) is 11.0. The zero-order chi connectivity index (χ0) is 12.3. The smallest absolute Gasteiger partial charge is 0.242 e. The largest absolute Gasteiger partial charge is 0.395 e. The Labute approximate surface area is 108 Å². The molecule has 0 aliphatic rings. The van der Waals surface area contributed by atoms with E-state index < -0.39 is 10.0 Å². The molecule has 0 atom stereocenters. The number of nitrogens with one attached hydrogen (secondary N) is 1. The van der Waals surface area contributed by atoms with Gasteiger partial charge in [0.15, 0.2) is 0 Å². The summed E-state index contributed by atoms with van der Waals surface area (Å²) in [6, 6.07) is 2.58. The average Bonchev–Trinajstić information content (AvgIpc) is 2.23. The topological polar surface area (TPSA) is 66.4 Å². The molecular formula is C8H8Cl3NO3S. The van der Waals surface area contributed by atoms with Crippen molar-refractivity contribution in [1.29, 1.82) is 0 Å². The van der Waals surface area contributed by atoms with Crippen molar-refractivity contribution in [2.24, 2.45) is 0 Å². The zero-order valence-electron chi connectivity index (χ0n) is 7.87. The molecule has 0 saturated heterocycles. The van der Waals surface area contributed by atoms with Gasteiger partial charge >= 0.3 is 0 Å². The van der Waals surface area contributed by atoms with Gasteiger partial charge in [0.1, 0.15) is 4.90 Å². The fraction of sp³-hybridized carbons (Fsp3) is 0.250. The van der Waals surface area contributed by atoms with E-state index in [0.29, 0.717) is 0 Å². The van der Waals surface area contributed by atoms with Gasteiger partial charge in [-0.3, -0.25) is 0 Å². The molecule has 90 valence electrons. The van der Waals surface area contributed by atoms with Crippen LogP contribution in [0.15, 0.2) is 17.0 Å². The molecule has 0 bridgehead atoms. The van der Waals surface area contributed by atoms with E-state index in [-0.39, 0.29) is 33.1 Å². The van der Waals surface area contributed by atoms with E-state index in [4.69, 9.17) is 39.9 Å². The van der Waals surface area contributed by atoms with Crippen molar-refractivity contribution < 1.29 is 13.5 Å². The Balaban J connectivity index is 3.19. The normalized spacial score (nSPS) is 11.8.